The quantitative estimate of drug-likeness (QED) is 0.780. The summed E-state index contributed by atoms with van der Waals surface area (Å²) in [4.78, 5) is 26.1. The molecule has 4 aliphatic rings. The Hall–Kier alpha value is -3.07. The maximum Gasteiger partial charge on any atom is 0.246 e. The van der Waals surface area contributed by atoms with Crippen LogP contribution in [0.4, 0.5) is 23.1 Å². The minimum absolute atomic E-state index is 0.0598. The highest BCUT2D eigenvalue weighted by Gasteiger charge is 2.59. The molecule has 1 aromatic carbocycles. The van der Waals surface area contributed by atoms with Gasteiger partial charge in [-0.25, -0.2) is 4.98 Å². The number of nitrogens with zero attached hydrogens (tertiary/aromatic N) is 4. The number of likely N-dealkylation sites (N-methyl/N-ethyl adjacent to an activating group) is 1. The van der Waals surface area contributed by atoms with E-state index in [2.05, 4.69) is 15.2 Å². The molecule has 9 nitrogen and oxygen atoms in total. The number of methoxy groups -OCH3 is 1. The van der Waals surface area contributed by atoms with Crippen molar-refractivity contribution in [2.75, 3.05) is 42.6 Å². The Kier molecular flexibility index (Phi) is 4.11. The first kappa shape index (κ1) is 19.6. The highest BCUT2D eigenvalue weighted by Crippen LogP contribution is 2.57. The number of aromatic nitrogens is 2. The molecule has 32 heavy (non-hydrogen) atoms. The van der Waals surface area contributed by atoms with E-state index in [9.17, 15) is 4.79 Å². The predicted molar refractivity (Wildman–Crippen MR) is 119 cm³/mol. The molecule has 1 N–H and O–H groups in total. The summed E-state index contributed by atoms with van der Waals surface area (Å²) in [7, 11) is 3.60. The second kappa shape index (κ2) is 6.71. The summed E-state index contributed by atoms with van der Waals surface area (Å²) in [5.74, 6) is 2.80. The van der Waals surface area contributed by atoms with Gasteiger partial charge < -0.3 is 29.3 Å². The van der Waals surface area contributed by atoms with E-state index in [0.29, 0.717) is 18.2 Å². The number of hydrogen-bond acceptors (Lipinski definition) is 8. The molecule has 2 aliphatic carbocycles. The highest BCUT2D eigenvalue weighted by molar-refractivity contribution is 6.02. The molecule has 2 aromatic rings. The van der Waals surface area contributed by atoms with Crippen LogP contribution in [0.2, 0.25) is 0 Å². The van der Waals surface area contributed by atoms with Gasteiger partial charge in [0.2, 0.25) is 18.6 Å². The molecule has 2 saturated carbocycles. The van der Waals surface area contributed by atoms with Crippen LogP contribution in [0.25, 0.3) is 0 Å². The number of nitrogens with one attached hydrogen (secondary N) is 1. The second-order valence-corrected chi connectivity index (χ2v) is 9.38. The molecule has 0 saturated heterocycles. The summed E-state index contributed by atoms with van der Waals surface area (Å²) in [6, 6.07) is 3.86. The van der Waals surface area contributed by atoms with Crippen molar-refractivity contribution in [2.45, 2.75) is 50.2 Å². The maximum atomic E-state index is 12.8. The van der Waals surface area contributed by atoms with Crippen LogP contribution in [0.5, 0.6) is 11.5 Å². The van der Waals surface area contributed by atoms with E-state index in [0.717, 1.165) is 60.6 Å². The topological polar surface area (TPSA) is 89.1 Å². The molecule has 0 unspecified atom stereocenters. The molecule has 2 aliphatic heterocycles. The number of carbonyl (C=O) groups excluding carboxylic acids is 1. The number of hydrogen-bond donors (Lipinski definition) is 1. The third-order valence-electron chi connectivity index (χ3n) is 7.75. The Bertz CT molecular complexity index is 1110. The molecular weight excluding hydrogens is 410 g/mol. The van der Waals surface area contributed by atoms with Gasteiger partial charge in [-0.15, -0.1) is 0 Å². The fraction of sp³-hybridized carbons (Fsp3) is 0.522. The molecule has 0 radical (unpaired) electrons. The minimum Gasteiger partial charge on any atom is -0.454 e. The van der Waals surface area contributed by atoms with Crippen LogP contribution in [0.1, 0.15) is 37.7 Å². The van der Waals surface area contributed by atoms with Crippen LogP contribution >= 0.6 is 0 Å². The second-order valence-electron chi connectivity index (χ2n) is 9.38. The van der Waals surface area contributed by atoms with Crippen molar-refractivity contribution in [1.29, 1.82) is 0 Å². The fourth-order valence-electron chi connectivity index (χ4n) is 5.77. The van der Waals surface area contributed by atoms with Gasteiger partial charge in [0.1, 0.15) is 5.69 Å². The SMILES string of the molecule is COC12CCC(N3CC(=O)N(C)c4cnc(Nc5cc6c(cc5C)OCO6)nc43)(CC1)C2. The predicted octanol–water partition coefficient (Wildman–Crippen LogP) is 3.14. The molecule has 1 aromatic heterocycles. The number of aryl methyl sites for hydroxylation is 1. The monoisotopic (exact) mass is 437 g/mol. The lowest BCUT2D eigenvalue weighted by atomic mass is 9.90. The zero-order valence-electron chi connectivity index (χ0n) is 18.6. The number of anilines is 4. The first-order chi connectivity index (χ1) is 15.4. The summed E-state index contributed by atoms with van der Waals surface area (Å²) in [5.41, 5.74) is 2.45. The zero-order chi connectivity index (χ0) is 22.1. The molecule has 2 bridgehead atoms. The van der Waals surface area contributed by atoms with Gasteiger partial charge in [0, 0.05) is 31.5 Å². The van der Waals surface area contributed by atoms with Crippen molar-refractivity contribution >= 4 is 29.0 Å². The van der Waals surface area contributed by atoms with Crippen molar-refractivity contribution in [3.8, 4) is 11.5 Å². The third-order valence-corrected chi connectivity index (χ3v) is 7.75. The lowest BCUT2D eigenvalue weighted by Gasteiger charge is -2.45. The number of rotatable bonds is 4. The third kappa shape index (κ3) is 2.76. The van der Waals surface area contributed by atoms with Crippen LogP contribution < -0.4 is 24.6 Å². The van der Waals surface area contributed by atoms with Crippen LogP contribution in [0.3, 0.4) is 0 Å². The Morgan fingerprint density at radius 3 is 2.62 bits per heavy atom. The maximum absolute atomic E-state index is 12.8. The summed E-state index contributed by atoms with van der Waals surface area (Å²) < 4.78 is 16.9. The standard InChI is InChI=1S/C23H27N5O4/c1-14-8-17-18(32-13-31-17)9-15(14)25-21-24-10-16-20(26-21)28(11-19(29)27(16)2)22-4-6-23(12-22,30-3)7-5-22/h8-10H,4-7,11-13H2,1-3H3,(H,24,25,26). The number of carbonyl (C=O) groups is 1. The number of ether oxygens (including phenoxy) is 3. The summed E-state index contributed by atoms with van der Waals surface area (Å²) in [6.07, 6.45) is 6.72. The molecular formula is C23H27N5O4. The van der Waals surface area contributed by atoms with Crippen LogP contribution in [-0.2, 0) is 9.53 Å². The van der Waals surface area contributed by atoms with E-state index in [-0.39, 0.29) is 23.8 Å². The van der Waals surface area contributed by atoms with E-state index in [1.165, 1.54) is 0 Å². The summed E-state index contributed by atoms with van der Waals surface area (Å²) >= 11 is 0. The van der Waals surface area contributed by atoms with E-state index in [1.54, 1.807) is 18.1 Å². The zero-order valence-corrected chi connectivity index (χ0v) is 18.6. The van der Waals surface area contributed by atoms with Gasteiger partial charge in [-0.2, -0.15) is 4.98 Å². The average molecular weight is 438 g/mol. The van der Waals surface area contributed by atoms with Gasteiger partial charge in [0.05, 0.1) is 18.3 Å². The van der Waals surface area contributed by atoms with Crippen molar-refractivity contribution in [3.63, 3.8) is 0 Å². The van der Waals surface area contributed by atoms with Crippen molar-refractivity contribution in [2.24, 2.45) is 0 Å². The molecule has 6 rings (SSSR count). The number of amides is 1. The van der Waals surface area contributed by atoms with E-state index in [4.69, 9.17) is 19.2 Å². The first-order valence-corrected chi connectivity index (χ1v) is 11.1. The summed E-state index contributed by atoms with van der Waals surface area (Å²) in [6.45, 7) is 2.55. The lowest BCUT2D eigenvalue weighted by molar-refractivity contribution is -0.117. The van der Waals surface area contributed by atoms with Crippen LogP contribution in [0.15, 0.2) is 18.3 Å². The van der Waals surface area contributed by atoms with Gasteiger partial charge >= 0.3 is 0 Å². The fourth-order valence-corrected chi connectivity index (χ4v) is 5.77. The number of fused-ring (bicyclic) bond motifs is 4. The van der Waals surface area contributed by atoms with Gasteiger partial charge in [-0.1, -0.05) is 0 Å². The Morgan fingerprint density at radius 2 is 1.91 bits per heavy atom. The van der Waals surface area contributed by atoms with Crippen molar-refractivity contribution in [3.05, 3.63) is 23.9 Å². The van der Waals surface area contributed by atoms with E-state index in [1.807, 2.05) is 26.2 Å². The molecule has 1 amide bonds. The molecule has 0 atom stereocenters. The molecule has 0 spiro atoms. The molecule has 2 fully saturated rings. The van der Waals surface area contributed by atoms with Gasteiger partial charge in [0.15, 0.2) is 17.3 Å². The van der Waals surface area contributed by atoms with Crippen LogP contribution in [0, 0.1) is 6.92 Å². The summed E-state index contributed by atoms with van der Waals surface area (Å²) in [5, 5.41) is 3.34. The molecule has 9 heteroatoms. The molecule has 168 valence electrons. The van der Waals surface area contributed by atoms with Crippen molar-refractivity contribution in [1.82, 2.24) is 9.97 Å². The largest absolute Gasteiger partial charge is 0.454 e. The Balaban J connectivity index is 1.37. The Labute approximate surface area is 186 Å². The van der Waals surface area contributed by atoms with Crippen molar-refractivity contribution < 1.29 is 19.0 Å². The first-order valence-electron chi connectivity index (χ1n) is 11.1. The smallest absolute Gasteiger partial charge is 0.246 e. The average Bonchev–Trinajstić information content (AvgIpc) is 3.51. The highest BCUT2D eigenvalue weighted by atomic mass is 16.7. The minimum atomic E-state index is -0.0953. The van der Waals surface area contributed by atoms with Gasteiger partial charge in [-0.3, -0.25) is 4.79 Å². The Morgan fingerprint density at radius 1 is 1.16 bits per heavy atom. The van der Waals surface area contributed by atoms with E-state index < -0.39 is 0 Å². The number of benzene rings is 1. The van der Waals surface area contributed by atoms with Gasteiger partial charge in [0.25, 0.3) is 0 Å². The van der Waals surface area contributed by atoms with E-state index >= 15 is 0 Å². The lowest BCUT2D eigenvalue weighted by Crippen LogP contribution is -2.54. The van der Waals surface area contributed by atoms with Crippen LogP contribution in [-0.4, -0.2) is 54.5 Å². The normalized spacial score (nSPS) is 27.8. The van der Waals surface area contributed by atoms with Gasteiger partial charge in [-0.05, 0) is 50.7 Å². The molecule has 3 heterocycles.